The van der Waals surface area contributed by atoms with Crippen LogP contribution < -0.4 is 0 Å². The number of hydrogen-bond donors (Lipinski definition) is 0. The van der Waals surface area contributed by atoms with Crippen molar-refractivity contribution in [2.45, 2.75) is 39.2 Å². The van der Waals surface area contributed by atoms with Crippen molar-refractivity contribution in [1.29, 1.82) is 0 Å². The van der Waals surface area contributed by atoms with Crippen LogP contribution in [0.25, 0.3) is 0 Å². The molecule has 0 amide bonds. The van der Waals surface area contributed by atoms with Gasteiger partial charge in [-0.3, -0.25) is 0 Å². The highest BCUT2D eigenvalue weighted by Gasteiger charge is 1.98. The van der Waals surface area contributed by atoms with Crippen molar-refractivity contribution in [2.24, 2.45) is 0 Å². The molecule has 0 spiro atoms. The highest BCUT2D eigenvalue weighted by Crippen LogP contribution is 2.05. The van der Waals surface area contributed by atoms with Crippen LogP contribution in [0.2, 0.25) is 0 Å². The second-order valence-electron chi connectivity index (χ2n) is 4.28. The minimum atomic E-state index is 0. The number of unbranched alkanes of at least 4 members (excludes halogenated alkanes) is 3. The molecule has 0 aliphatic carbocycles. The fraction of sp³-hybridized carbons (Fsp3) is 0.571. The molecule has 0 N–H and O–H groups in total. The monoisotopic (exact) mass is 241 g/mol. The van der Waals surface area contributed by atoms with E-state index in [1.54, 1.807) is 0 Å². The topological polar surface area (TPSA) is 3.24 Å². The summed E-state index contributed by atoms with van der Waals surface area (Å²) in [6.45, 7) is 4.55. The van der Waals surface area contributed by atoms with Gasteiger partial charge in [0.1, 0.15) is 0 Å². The lowest BCUT2D eigenvalue weighted by Crippen LogP contribution is -2.18. The normalized spacial score (nSPS) is 10.2. The summed E-state index contributed by atoms with van der Waals surface area (Å²) in [6.07, 6.45) is 5.40. The summed E-state index contributed by atoms with van der Waals surface area (Å²) < 4.78 is 0. The van der Waals surface area contributed by atoms with Gasteiger partial charge in [-0.15, -0.1) is 12.4 Å². The molecule has 0 atom stereocenters. The average molecular weight is 242 g/mol. The van der Waals surface area contributed by atoms with Crippen LogP contribution >= 0.6 is 12.4 Å². The Morgan fingerprint density at radius 2 is 1.69 bits per heavy atom. The molecule has 0 saturated heterocycles. The van der Waals surface area contributed by atoms with Crippen LogP contribution in [-0.2, 0) is 6.54 Å². The molecule has 0 bridgehead atoms. The van der Waals surface area contributed by atoms with Gasteiger partial charge in [0, 0.05) is 6.54 Å². The molecule has 92 valence electrons. The SMILES string of the molecule is CCCCCCN(C)Cc1ccccc1.Cl. The first kappa shape index (κ1) is 15.5. The third kappa shape index (κ3) is 6.86. The van der Waals surface area contributed by atoms with Gasteiger partial charge in [0.25, 0.3) is 0 Å². The third-order valence-electron chi connectivity index (χ3n) is 2.69. The van der Waals surface area contributed by atoms with Crippen molar-refractivity contribution in [2.75, 3.05) is 13.6 Å². The Bertz CT molecular complexity index is 248. The van der Waals surface area contributed by atoms with E-state index in [-0.39, 0.29) is 12.4 Å². The number of halogens is 1. The second-order valence-corrected chi connectivity index (χ2v) is 4.28. The summed E-state index contributed by atoms with van der Waals surface area (Å²) in [6, 6.07) is 10.7. The zero-order valence-electron chi connectivity index (χ0n) is 10.5. The van der Waals surface area contributed by atoms with Gasteiger partial charge in [-0.1, -0.05) is 56.5 Å². The minimum absolute atomic E-state index is 0. The lowest BCUT2D eigenvalue weighted by molar-refractivity contribution is 0.317. The van der Waals surface area contributed by atoms with E-state index in [4.69, 9.17) is 0 Å². The van der Waals surface area contributed by atoms with Crippen LogP contribution in [0.5, 0.6) is 0 Å². The summed E-state index contributed by atoms with van der Waals surface area (Å²) >= 11 is 0. The maximum Gasteiger partial charge on any atom is 0.0230 e. The second kappa shape index (κ2) is 9.68. The molecule has 0 radical (unpaired) electrons. The number of hydrogen-bond acceptors (Lipinski definition) is 1. The maximum atomic E-state index is 2.41. The Labute approximate surface area is 106 Å². The fourth-order valence-corrected chi connectivity index (χ4v) is 1.78. The molecule has 0 saturated carbocycles. The van der Waals surface area contributed by atoms with Crippen LogP contribution in [0, 0.1) is 0 Å². The molecular weight excluding hydrogens is 218 g/mol. The van der Waals surface area contributed by atoms with Crippen LogP contribution in [0.15, 0.2) is 30.3 Å². The van der Waals surface area contributed by atoms with Crippen molar-refractivity contribution in [3.8, 4) is 0 Å². The molecule has 1 rings (SSSR count). The molecule has 0 aliphatic heterocycles. The van der Waals surface area contributed by atoms with Crippen LogP contribution in [0.4, 0.5) is 0 Å². The van der Waals surface area contributed by atoms with Gasteiger partial charge >= 0.3 is 0 Å². The lowest BCUT2D eigenvalue weighted by atomic mass is 10.2. The van der Waals surface area contributed by atoms with Crippen LogP contribution in [0.1, 0.15) is 38.2 Å². The minimum Gasteiger partial charge on any atom is -0.302 e. The molecule has 1 nitrogen and oxygen atoms in total. The van der Waals surface area contributed by atoms with E-state index in [0.717, 1.165) is 6.54 Å². The highest BCUT2D eigenvalue weighted by atomic mass is 35.5. The summed E-state index contributed by atoms with van der Waals surface area (Å²) in [5.74, 6) is 0. The van der Waals surface area contributed by atoms with E-state index in [0.29, 0.717) is 0 Å². The lowest BCUT2D eigenvalue weighted by Gasteiger charge is -2.16. The molecular formula is C14H24ClN. The molecule has 16 heavy (non-hydrogen) atoms. The molecule has 0 unspecified atom stereocenters. The Kier molecular flexibility index (Phi) is 9.36. The van der Waals surface area contributed by atoms with E-state index in [1.807, 2.05) is 0 Å². The fourth-order valence-electron chi connectivity index (χ4n) is 1.78. The Hall–Kier alpha value is -0.530. The predicted octanol–water partition coefficient (Wildman–Crippen LogP) is 4.12. The average Bonchev–Trinajstić information content (AvgIpc) is 2.26. The summed E-state index contributed by atoms with van der Waals surface area (Å²) in [4.78, 5) is 2.41. The first-order chi connectivity index (χ1) is 7.33. The molecule has 2 heteroatoms. The molecule has 0 heterocycles. The zero-order valence-corrected chi connectivity index (χ0v) is 11.3. The van der Waals surface area contributed by atoms with E-state index in [1.165, 1.54) is 37.8 Å². The van der Waals surface area contributed by atoms with E-state index in [9.17, 15) is 0 Å². The van der Waals surface area contributed by atoms with Gasteiger partial charge in [0.2, 0.25) is 0 Å². The van der Waals surface area contributed by atoms with Crippen LogP contribution in [-0.4, -0.2) is 18.5 Å². The van der Waals surface area contributed by atoms with E-state index < -0.39 is 0 Å². The Balaban J connectivity index is 0.00000225. The van der Waals surface area contributed by atoms with Crippen molar-refractivity contribution in [3.05, 3.63) is 35.9 Å². The summed E-state index contributed by atoms with van der Waals surface area (Å²) in [7, 11) is 2.21. The first-order valence-corrected chi connectivity index (χ1v) is 6.05. The summed E-state index contributed by atoms with van der Waals surface area (Å²) in [5.41, 5.74) is 1.41. The zero-order chi connectivity index (χ0) is 10.9. The molecule has 0 aliphatic rings. The van der Waals surface area contributed by atoms with Gasteiger partial charge < -0.3 is 4.90 Å². The molecule has 1 aromatic carbocycles. The van der Waals surface area contributed by atoms with E-state index >= 15 is 0 Å². The maximum absolute atomic E-state index is 2.41. The first-order valence-electron chi connectivity index (χ1n) is 6.05. The number of nitrogens with zero attached hydrogens (tertiary/aromatic N) is 1. The van der Waals surface area contributed by atoms with Crippen molar-refractivity contribution in [1.82, 2.24) is 4.90 Å². The third-order valence-corrected chi connectivity index (χ3v) is 2.69. The van der Waals surface area contributed by atoms with Gasteiger partial charge in [0.15, 0.2) is 0 Å². The van der Waals surface area contributed by atoms with Gasteiger partial charge in [-0.25, -0.2) is 0 Å². The van der Waals surface area contributed by atoms with Crippen molar-refractivity contribution < 1.29 is 0 Å². The van der Waals surface area contributed by atoms with Crippen LogP contribution in [0.3, 0.4) is 0 Å². The largest absolute Gasteiger partial charge is 0.302 e. The molecule has 1 aromatic rings. The van der Waals surface area contributed by atoms with Gasteiger partial charge in [-0.2, -0.15) is 0 Å². The van der Waals surface area contributed by atoms with Gasteiger partial charge in [-0.05, 0) is 25.6 Å². The van der Waals surface area contributed by atoms with Crippen molar-refractivity contribution >= 4 is 12.4 Å². The predicted molar refractivity (Wildman–Crippen MR) is 74.2 cm³/mol. The van der Waals surface area contributed by atoms with E-state index in [2.05, 4.69) is 49.2 Å². The number of rotatable bonds is 7. The summed E-state index contributed by atoms with van der Waals surface area (Å²) in [5, 5.41) is 0. The Morgan fingerprint density at radius 3 is 2.31 bits per heavy atom. The highest BCUT2D eigenvalue weighted by molar-refractivity contribution is 5.85. The van der Waals surface area contributed by atoms with Crippen molar-refractivity contribution in [3.63, 3.8) is 0 Å². The molecule has 0 fully saturated rings. The standard InChI is InChI=1S/C14H23N.ClH/c1-3-4-5-9-12-15(2)13-14-10-7-6-8-11-14;/h6-8,10-11H,3-5,9,12-13H2,1-2H3;1H. The van der Waals surface area contributed by atoms with Gasteiger partial charge in [0.05, 0.1) is 0 Å². The smallest absolute Gasteiger partial charge is 0.0230 e. The Morgan fingerprint density at radius 1 is 1.00 bits per heavy atom. The quantitative estimate of drug-likeness (QED) is 0.649. The molecule has 0 aromatic heterocycles. The number of benzene rings is 1.